The predicted octanol–water partition coefficient (Wildman–Crippen LogP) is 6.74. The Bertz CT molecular complexity index is 1870. The lowest BCUT2D eigenvalue weighted by molar-refractivity contribution is 0.659. The summed E-state index contributed by atoms with van der Waals surface area (Å²) in [4.78, 5) is 0. The number of hydrogen-bond acceptors (Lipinski definition) is 0. The van der Waals surface area contributed by atoms with E-state index in [1.54, 1.807) is 0 Å². The van der Waals surface area contributed by atoms with Gasteiger partial charge in [0.1, 0.15) is 5.35 Å². The van der Waals surface area contributed by atoms with Crippen LogP contribution in [-0.4, -0.2) is 4.57 Å². The molecule has 33 heavy (non-hydrogen) atoms. The third-order valence-electron chi connectivity index (χ3n) is 7.28. The Morgan fingerprint density at radius 2 is 1.55 bits per heavy atom. The molecule has 0 atom stereocenters. The number of halogens is 1. The van der Waals surface area contributed by atoms with E-state index in [9.17, 15) is 0 Å². The molecular weight excluding hydrogens is 466 g/mol. The first kappa shape index (κ1) is 19.0. The van der Waals surface area contributed by atoms with Gasteiger partial charge < -0.3 is 4.57 Å². The van der Waals surface area contributed by atoms with Crippen molar-refractivity contribution in [1.29, 1.82) is 0 Å². The Balaban J connectivity index is 1.57. The SMILES string of the molecule is CC1(C)c2cc(Br)ccc2-c2ccc(-n3c4c(c5cc6ccccc6cc53)=CC=C=C=4)cc21. The lowest BCUT2D eigenvalue weighted by Crippen LogP contribution is -2.28. The second kappa shape index (κ2) is 6.50. The summed E-state index contributed by atoms with van der Waals surface area (Å²) in [5.41, 5.74) is 14.3. The largest absolute Gasteiger partial charge is 0.302 e. The molecule has 0 N–H and O–H groups in total. The molecule has 1 aromatic heterocycles. The van der Waals surface area contributed by atoms with Crippen molar-refractivity contribution in [1.82, 2.24) is 4.57 Å². The van der Waals surface area contributed by atoms with Crippen LogP contribution in [0.1, 0.15) is 25.0 Å². The lowest BCUT2D eigenvalue weighted by atomic mass is 9.82. The standard InChI is InChI=1S/C31H20BrN/c1-31(2)27-17-21(32)11-13-23(27)24-14-12-22(18-28(24)31)33-29-10-6-5-9-25(29)26-15-19-7-3-4-8-20(19)16-30(26)33/h3-5,7-9,11-18H,1-2H3. The molecule has 5 aromatic rings. The molecule has 0 saturated carbocycles. The molecule has 0 bridgehead atoms. The van der Waals surface area contributed by atoms with Crippen LogP contribution in [0.4, 0.5) is 0 Å². The minimum Gasteiger partial charge on any atom is -0.302 e. The fraction of sp³-hybridized carbons (Fsp3) is 0.0968. The van der Waals surface area contributed by atoms with Crippen LogP contribution in [0.2, 0.25) is 0 Å². The Kier molecular flexibility index (Phi) is 3.74. The van der Waals surface area contributed by atoms with E-state index < -0.39 is 0 Å². The Morgan fingerprint density at radius 1 is 0.818 bits per heavy atom. The van der Waals surface area contributed by atoms with E-state index in [0.29, 0.717) is 0 Å². The highest BCUT2D eigenvalue weighted by Gasteiger charge is 2.35. The van der Waals surface area contributed by atoms with Crippen molar-refractivity contribution >= 4 is 49.4 Å². The van der Waals surface area contributed by atoms with Crippen molar-refractivity contribution in [2.45, 2.75) is 19.3 Å². The second-order valence-electron chi connectivity index (χ2n) is 9.46. The molecule has 0 amide bonds. The average molecular weight is 486 g/mol. The molecule has 7 rings (SSSR count). The summed E-state index contributed by atoms with van der Waals surface area (Å²) < 4.78 is 3.48. The number of benzene rings is 4. The molecule has 0 saturated heterocycles. The number of aromatic nitrogens is 1. The third-order valence-corrected chi connectivity index (χ3v) is 7.77. The topological polar surface area (TPSA) is 4.93 Å². The molecule has 2 aliphatic rings. The molecule has 1 nitrogen and oxygen atoms in total. The maximum atomic E-state index is 3.67. The highest BCUT2D eigenvalue weighted by molar-refractivity contribution is 9.10. The molecule has 0 fully saturated rings. The van der Waals surface area contributed by atoms with E-state index >= 15 is 0 Å². The van der Waals surface area contributed by atoms with Gasteiger partial charge in [0.15, 0.2) is 0 Å². The molecule has 0 aliphatic heterocycles. The summed E-state index contributed by atoms with van der Waals surface area (Å²) in [6.45, 7) is 4.65. The molecule has 0 unspecified atom stereocenters. The molecule has 2 aliphatic carbocycles. The van der Waals surface area contributed by atoms with Gasteiger partial charge in [0.2, 0.25) is 0 Å². The van der Waals surface area contributed by atoms with Crippen LogP contribution in [-0.2, 0) is 5.41 Å². The summed E-state index contributed by atoms with van der Waals surface area (Å²) in [7, 11) is 0. The van der Waals surface area contributed by atoms with E-state index in [4.69, 9.17) is 0 Å². The smallest absolute Gasteiger partial charge is 0.105 e. The first-order valence-electron chi connectivity index (χ1n) is 11.2. The van der Waals surface area contributed by atoms with Gasteiger partial charge in [-0.25, -0.2) is 0 Å². The van der Waals surface area contributed by atoms with Crippen molar-refractivity contribution in [3.05, 3.63) is 111 Å². The van der Waals surface area contributed by atoms with Crippen LogP contribution in [0.25, 0.3) is 50.3 Å². The van der Waals surface area contributed by atoms with Crippen LogP contribution in [0.3, 0.4) is 0 Å². The fourth-order valence-electron chi connectivity index (χ4n) is 5.63. The van der Waals surface area contributed by atoms with Gasteiger partial charge in [-0.05, 0) is 87.3 Å². The maximum absolute atomic E-state index is 3.67. The first-order valence-corrected chi connectivity index (χ1v) is 12.0. The van der Waals surface area contributed by atoms with E-state index in [1.165, 1.54) is 54.8 Å². The van der Waals surface area contributed by atoms with Crippen LogP contribution < -0.4 is 10.6 Å². The second-order valence-corrected chi connectivity index (χ2v) is 10.4. The van der Waals surface area contributed by atoms with Crippen LogP contribution in [0, 0.1) is 0 Å². The molecule has 0 spiro atoms. The Morgan fingerprint density at radius 3 is 2.36 bits per heavy atom. The highest BCUT2D eigenvalue weighted by Crippen LogP contribution is 2.49. The number of allylic oxidation sites excluding steroid dienone is 1. The summed E-state index contributed by atoms with van der Waals surface area (Å²) in [6, 6.07) is 26.8. The van der Waals surface area contributed by atoms with E-state index in [0.717, 1.165) is 9.82 Å². The van der Waals surface area contributed by atoms with Gasteiger partial charge in [-0.15, -0.1) is 0 Å². The Hall–Kier alpha value is -3.54. The summed E-state index contributed by atoms with van der Waals surface area (Å²) >= 11 is 3.67. The summed E-state index contributed by atoms with van der Waals surface area (Å²) in [5.74, 6) is 0. The minimum absolute atomic E-state index is 0.0637. The van der Waals surface area contributed by atoms with Gasteiger partial charge in [0.25, 0.3) is 0 Å². The molecule has 156 valence electrons. The third kappa shape index (κ3) is 2.55. The number of rotatable bonds is 1. The van der Waals surface area contributed by atoms with Crippen molar-refractivity contribution in [2.75, 3.05) is 0 Å². The zero-order valence-corrected chi connectivity index (χ0v) is 20.0. The highest BCUT2D eigenvalue weighted by atomic mass is 79.9. The zero-order valence-electron chi connectivity index (χ0n) is 18.4. The quantitative estimate of drug-likeness (QED) is 0.232. The summed E-state index contributed by atoms with van der Waals surface area (Å²) in [5, 5.41) is 6.03. The molecule has 4 aromatic carbocycles. The Labute approximate surface area is 200 Å². The normalized spacial score (nSPS) is 14.6. The fourth-order valence-corrected chi connectivity index (χ4v) is 5.99. The average Bonchev–Trinajstić information content (AvgIpc) is 3.26. The van der Waals surface area contributed by atoms with Crippen LogP contribution >= 0.6 is 15.9 Å². The van der Waals surface area contributed by atoms with E-state index in [-0.39, 0.29) is 5.41 Å². The molecule has 0 radical (unpaired) electrons. The minimum atomic E-state index is -0.0637. The number of hydrogen-bond donors (Lipinski definition) is 0. The monoisotopic (exact) mass is 485 g/mol. The number of nitrogens with zero attached hydrogens (tertiary/aromatic N) is 1. The van der Waals surface area contributed by atoms with E-state index in [2.05, 4.69) is 125 Å². The number of fused-ring (bicyclic) bond motifs is 7. The van der Waals surface area contributed by atoms with Gasteiger partial charge in [0, 0.05) is 26.2 Å². The van der Waals surface area contributed by atoms with Gasteiger partial charge in [0.05, 0.1) is 5.52 Å². The molecule has 2 heteroatoms. The van der Waals surface area contributed by atoms with Crippen molar-refractivity contribution in [3.63, 3.8) is 0 Å². The van der Waals surface area contributed by atoms with Crippen molar-refractivity contribution in [2.24, 2.45) is 0 Å². The first-order chi connectivity index (χ1) is 16.0. The van der Waals surface area contributed by atoms with Gasteiger partial charge in [-0.2, -0.15) is 0 Å². The zero-order chi connectivity index (χ0) is 22.3. The van der Waals surface area contributed by atoms with Gasteiger partial charge in [-0.1, -0.05) is 71.9 Å². The molecule has 1 heterocycles. The van der Waals surface area contributed by atoms with Crippen molar-refractivity contribution in [3.8, 4) is 16.8 Å². The van der Waals surface area contributed by atoms with Crippen LogP contribution in [0.5, 0.6) is 0 Å². The van der Waals surface area contributed by atoms with Gasteiger partial charge >= 0.3 is 0 Å². The van der Waals surface area contributed by atoms with Crippen molar-refractivity contribution < 1.29 is 0 Å². The maximum Gasteiger partial charge on any atom is 0.105 e. The van der Waals surface area contributed by atoms with E-state index in [1.807, 2.05) is 6.08 Å². The molecular formula is C31H20BrN. The van der Waals surface area contributed by atoms with Gasteiger partial charge in [-0.3, -0.25) is 0 Å². The summed E-state index contributed by atoms with van der Waals surface area (Å²) in [6.07, 6.45) is 4.12. The van der Waals surface area contributed by atoms with Crippen LogP contribution in [0.15, 0.2) is 89.1 Å². The lowest BCUT2D eigenvalue weighted by Gasteiger charge is -2.22. The predicted molar refractivity (Wildman–Crippen MR) is 141 cm³/mol.